The highest BCUT2D eigenvalue weighted by molar-refractivity contribution is 5.75. The van der Waals surface area contributed by atoms with Crippen molar-refractivity contribution in [3.63, 3.8) is 0 Å². The topological polar surface area (TPSA) is 66.8 Å². The zero-order valence-corrected chi connectivity index (χ0v) is 9.03. The number of carbonyl (C=O) groups is 2. The molecule has 1 aliphatic heterocycles. The maximum absolute atomic E-state index is 12.4. The van der Waals surface area contributed by atoms with E-state index in [9.17, 15) is 22.8 Å². The first-order valence-electron chi connectivity index (χ1n) is 4.89. The SMILES string of the molecule is CC(=O)N1CC(C(F)(F)F)OCC1CC(=O)O. The van der Waals surface area contributed by atoms with Crippen molar-refractivity contribution in [1.29, 1.82) is 0 Å². The lowest BCUT2D eigenvalue weighted by Crippen LogP contribution is -2.56. The zero-order chi connectivity index (χ0) is 13.2. The average molecular weight is 255 g/mol. The van der Waals surface area contributed by atoms with Crippen LogP contribution in [0.3, 0.4) is 0 Å². The largest absolute Gasteiger partial charge is 0.481 e. The van der Waals surface area contributed by atoms with Gasteiger partial charge in [-0.3, -0.25) is 9.59 Å². The second-order valence-corrected chi connectivity index (χ2v) is 3.79. The molecule has 5 nitrogen and oxygen atoms in total. The number of rotatable bonds is 2. The van der Waals surface area contributed by atoms with E-state index in [1.54, 1.807) is 0 Å². The van der Waals surface area contributed by atoms with Crippen LogP contribution in [0.4, 0.5) is 13.2 Å². The lowest BCUT2D eigenvalue weighted by atomic mass is 10.1. The Morgan fingerprint density at radius 3 is 2.47 bits per heavy atom. The van der Waals surface area contributed by atoms with E-state index in [1.165, 1.54) is 0 Å². The number of hydrogen-bond acceptors (Lipinski definition) is 3. The first-order valence-corrected chi connectivity index (χ1v) is 4.89. The maximum Gasteiger partial charge on any atom is 0.416 e. The Hall–Kier alpha value is -1.31. The molecule has 17 heavy (non-hydrogen) atoms. The highest BCUT2D eigenvalue weighted by Gasteiger charge is 2.46. The van der Waals surface area contributed by atoms with Gasteiger partial charge in [-0.2, -0.15) is 13.2 Å². The van der Waals surface area contributed by atoms with Crippen LogP contribution in [0.2, 0.25) is 0 Å². The number of aliphatic carboxylic acids is 1. The summed E-state index contributed by atoms with van der Waals surface area (Å²) in [5.41, 5.74) is 0. The van der Waals surface area contributed by atoms with Crippen LogP contribution in [0.25, 0.3) is 0 Å². The minimum atomic E-state index is -4.55. The number of hydrogen-bond donors (Lipinski definition) is 1. The van der Waals surface area contributed by atoms with Crippen molar-refractivity contribution in [1.82, 2.24) is 4.90 Å². The highest BCUT2D eigenvalue weighted by Crippen LogP contribution is 2.28. The monoisotopic (exact) mass is 255 g/mol. The van der Waals surface area contributed by atoms with Crippen LogP contribution in [-0.2, 0) is 14.3 Å². The molecule has 0 aromatic rings. The van der Waals surface area contributed by atoms with E-state index in [1.807, 2.05) is 0 Å². The van der Waals surface area contributed by atoms with Gasteiger partial charge in [-0.25, -0.2) is 0 Å². The van der Waals surface area contributed by atoms with Crippen LogP contribution in [0, 0.1) is 0 Å². The third-order valence-electron chi connectivity index (χ3n) is 2.47. The summed E-state index contributed by atoms with van der Waals surface area (Å²) in [5, 5.41) is 8.58. The van der Waals surface area contributed by atoms with Crippen molar-refractivity contribution < 1.29 is 32.6 Å². The van der Waals surface area contributed by atoms with Crippen molar-refractivity contribution in [3.8, 4) is 0 Å². The lowest BCUT2D eigenvalue weighted by molar-refractivity contribution is -0.243. The number of carbonyl (C=O) groups excluding carboxylic acids is 1. The van der Waals surface area contributed by atoms with E-state index in [0.717, 1.165) is 11.8 Å². The summed E-state index contributed by atoms with van der Waals surface area (Å²) < 4.78 is 41.7. The smallest absolute Gasteiger partial charge is 0.416 e. The number of alkyl halides is 3. The third kappa shape index (κ3) is 3.58. The van der Waals surface area contributed by atoms with E-state index in [-0.39, 0.29) is 0 Å². The molecule has 1 fully saturated rings. The molecule has 0 aromatic heterocycles. The number of nitrogens with zero attached hydrogens (tertiary/aromatic N) is 1. The van der Waals surface area contributed by atoms with E-state index < -0.39 is 49.8 Å². The van der Waals surface area contributed by atoms with Gasteiger partial charge >= 0.3 is 12.1 Å². The van der Waals surface area contributed by atoms with Gasteiger partial charge < -0.3 is 14.7 Å². The number of ether oxygens (including phenoxy) is 1. The predicted molar refractivity (Wildman–Crippen MR) is 49.2 cm³/mol. The van der Waals surface area contributed by atoms with E-state index in [2.05, 4.69) is 4.74 Å². The van der Waals surface area contributed by atoms with Crippen molar-refractivity contribution in [2.45, 2.75) is 31.7 Å². The Kier molecular flexibility index (Phi) is 3.97. The molecule has 1 rings (SSSR count). The molecule has 1 aliphatic rings. The van der Waals surface area contributed by atoms with E-state index in [0.29, 0.717) is 0 Å². The minimum Gasteiger partial charge on any atom is -0.481 e. The first-order chi connectivity index (χ1) is 7.71. The zero-order valence-electron chi connectivity index (χ0n) is 9.03. The molecule has 0 radical (unpaired) electrons. The normalized spacial score (nSPS) is 25.8. The Morgan fingerprint density at radius 2 is 2.06 bits per heavy atom. The van der Waals surface area contributed by atoms with Gasteiger partial charge in [-0.05, 0) is 0 Å². The maximum atomic E-state index is 12.4. The fourth-order valence-corrected chi connectivity index (χ4v) is 1.65. The van der Waals surface area contributed by atoms with E-state index >= 15 is 0 Å². The summed E-state index contributed by atoms with van der Waals surface area (Å²) >= 11 is 0. The van der Waals surface area contributed by atoms with Crippen LogP contribution < -0.4 is 0 Å². The van der Waals surface area contributed by atoms with Crippen molar-refractivity contribution >= 4 is 11.9 Å². The van der Waals surface area contributed by atoms with Crippen LogP contribution in [0.15, 0.2) is 0 Å². The predicted octanol–water partition coefficient (Wildman–Crippen LogP) is 0.639. The number of carboxylic acid groups (broad SMARTS) is 1. The molecule has 0 aliphatic carbocycles. The molecule has 98 valence electrons. The summed E-state index contributed by atoms with van der Waals surface area (Å²) in [6.45, 7) is 0.0282. The fraction of sp³-hybridized carbons (Fsp3) is 0.778. The highest BCUT2D eigenvalue weighted by atomic mass is 19.4. The third-order valence-corrected chi connectivity index (χ3v) is 2.47. The van der Waals surface area contributed by atoms with Crippen LogP contribution in [-0.4, -0.2) is 53.4 Å². The number of morpholine rings is 1. The summed E-state index contributed by atoms with van der Waals surface area (Å²) in [5.74, 6) is -1.77. The van der Waals surface area contributed by atoms with Gasteiger partial charge in [0.15, 0.2) is 6.10 Å². The molecule has 1 amide bonds. The van der Waals surface area contributed by atoms with Gasteiger partial charge in [0.05, 0.1) is 25.6 Å². The molecule has 0 aromatic carbocycles. The fourth-order valence-electron chi connectivity index (χ4n) is 1.65. The minimum absolute atomic E-state index is 0.421. The van der Waals surface area contributed by atoms with E-state index in [4.69, 9.17) is 5.11 Å². The summed E-state index contributed by atoms with van der Waals surface area (Å²) in [6, 6.07) is -0.844. The van der Waals surface area contributed by atoms with Gasteiger partial charge in [-0.15, -0.1) is 0 Å². The second kappa shape index (κ2) is 4.91. The van der Waals surface area contributed by atoms with Gasteiger partial charge in [0.2, 0.25) is 5.91 Å². The molecule has 0 spiro atoms. The average Bonchev–Trinajstić information content (AvgIpc) is 2.15. The summed E-state index contributed by atoms with van der Waals surface area (Å²) in [6.07, 6.45) is -7.03. The molecule has 2 atom stereocenters. The molecule has 0 saturated carbocycles. The quantitative estimate of drug-likeness (QED) is 0.786. The molecule has 1 N–H and O–H groups in total. The van der Waals surface area contributed by atoms with Gasteiger partial charge in [0, 0.05) is 6.92 Å². The molecule has 2 unspecified atom stereocenters. The summed E-state index contributed by atoms with van der Waals surface area (Å²) in [4.78, 5) is 22.6. The van der Waals surface area contributed by atoms with Crippen LogP contribution in [0.1, 0.15) is 13.3 Å². The molecule has 0 bridgehead atoms. The van der Waals surface area contributed by atoms with Crippen molar-refractivity contribution in [2.24, 2.45) is 0 Å². The first kappa shape index (κ1) is 13.8. The van der Waals surface area contributed by atoms with Gasteiger partial charge in [0.1, 0.15) is 0 Å². The van der Waals surface area contributed by atoms with Crippen LogP contribution >= 0.6 is 0 Å². The summed E-state index contributed by atoms with van der Waals surface area (Å²) in [7, 11) is 0. The Morgan fingerprint density at radius 1 is 1.47 bits per heavy atom. The Balaban J connectivity index is 2.74. The van der Waals surface area contributed by atoms with Gasteiger partial charge in [0.25, 0.3) is 0 Å². The molecular weight excluding hydrogens is 243 g/mol. The molecule has 1 saturated heterocycles. The Labute approximate surface area is 95.1 Å². The van der Waals surface area contributed by atoms with Crippen LogP contribution in [0.5, 0.6) is 0 Å². The molecular formula is C9H12F3NO4. The molecule has 8 heteroatoms. The Bertz CT molecular complexity index is 318. The lowest BCUT2D eigenvalue weighted by Gasteiger charge is -2.39. The standard InChI is InChI=1S/C9H12F3NO4/c1-5(14)13-3-7(9(10,11)12)17-4-6(13)2-8(15)16/h6-7H,2-4H2,1H3,(H,15,16). The van der Waals surface area contributed by atoms with Crippen molar-refractivity contribution in [2.75, 3.05) is 13.2 Å². The number of halogens is 3. The van der Waals surface area contributed by atoms with Gasteiger partial charge in [-0.1, -0.05) is 0 Å². The van der Waals surface area contributed by atoms with Crippen molar-refractivity contribution in [3.05, 3.63) is 0 Å². The molecule has 1 heterocycles. The second-order valence-electron chi connectivity index (χ2n) is 3.79. The number of carboxylic acids is 1. The number of amides is 1.